The van der Waals surface area contributed by atoms with Crippen molar-refractivity contribution in [2.24, 2.45) is 0 Å². The Balaban J connectivity index is 2.39. The van der Waals surface area contributed by atoms with Crippen molar-refractivity contribution in [2.45, 2.75) is 19.9 Å². The zero-order valence-corrected chi connectivity index (χ0v) is 9.90. The van der Waals surface area contributed by atoms with E-state index in [9.17, 15) is 0 Å². The van der Waals surface area contributed by atoms with Gasteiger partial charge in [-0.15, -0.1) is 0 Å². The normalized spacial score (nSPS) is 12.5. The lowest BCUT2D eigenvalue weighted by atomic mass is 10.4. The van der Waals surface area contributed by atoms with Crippen LogP contribution in [0.25, 0.3) is 0 Å². The summed E-state index contributed by atoms with van der Waals surface area (Å²) in [6.07, 6.45) is 3.19. The van der Waals surface area contributed by atoms with Gasteiger partial charge in [0.2, 0.25) is 5.95 Å². The van der Waals surface area contributed by atoms with Gasteiger partial charge in [0.05, 0.1) is 17.4 Å². The highest BCUT2D eigenvalue weighted by Crippen LogP contribution is 2.08. The molecule has 1 aromatic rings. The van der Waals surface area contributed by atoms with Gasteiger partial charge >= 0.3 is 0 Å². The van der Waals surface area contributed by atoms with E-state index in [-0.39, 0.29) is 0 Å². The molecule has 14 heavy (non-hydrogen) atoms. The number of nitrogens with zero attached hydrogens (tertiary/aromatic N) is 2. The summed E-state index contributed by atoms with van der Waals surface area (Å²) in [5.41, 5.74) is 0. The van der Waals surface area contributed by atoms with Crippen LogP contribution in [0.2, 0.25) is 5.02 Å². The predicted molar refractivity (Wildman–Crippen MR) is 63.1 cm³/mol. The topological polar surface area (TPSA) is 37.8 Å². The highest BCUT2D eigenvalue weighted by Gasteiger charge is 2.02. The smallest absolute Gasteiger partial charge is 0.222 e. The molecular weight excluding hydrogens is 218 g/mol. The summed E-state index contributed by atoms with van der Waals surface area (Å²) in [6.45, 7) is 4.26. The first-order valence-electron chi connectivity index (χ1n) is 4.54. The van der Waals surface area contributed by atoms with Gasteiger partial charge in [0.15, 0.2) is 0 Å². The van der Waals surface area contributed by atoms with Crippen molar-refractivity contribution in [3.05, 3.63) is 17.4 Å². The minimum absolute atomic E-state index is 0.376. The van der Waals surface area contributed by atoms with E-state index in [1.165, 1.54) is 0 Å². The van der Waals surface area contributed by atoms with Gasteiger partial charge in [-0.05, 0) is 12.7 Å². The minimum atomic E-state index is 0.376. The Morgan fingerprint density at radius 1 is 1.50 bits per heavy atom. The van der Waals surface area contributed by atoms with Crippen LogP contribution in [0, 0.1) is 0 Å². The van der Waals surface area contributed by atoms with Crippen molar-refractivity contribution in [1.82, 2.24) is 9.97 Å². The lowest BCUT2D eigenvalue weighted by molar-refractivity contribution is 0.886. The van der Waals surface area contributed by atoms with E-state index < -0.39 is 0 Å². The third-order valence-corrected chi connectivity index (χ3v) is 2.91. The number of aromatic nitrogens is 2. The van der Waals surface area contributed by atoms with E-state index in [0.29, 0.717) is 17.0 Å². The Hall–Kier alpha value is -0.480. The number of rotatable bonds is 5. The van der Waals surface area contributed by atoms with Gasteiger partial charge in [0, 0.05) is 11.8 Å². The molecule has 0 spiro atoms. The molecule has 0 amide bonds. The molecular formula is C9H14ClN3S. The fraction of sp³-hybridized carbons (Fsp3) is 0.556. The molecule has 0 saturated carbocycles. The van der Waals surface area contributed by atoms with Crippen molar-refractivity contribution >= 4 is 29.3 Å². The average Bonchev–Trinajstić information content (AvgIpc) is 2.18. The monoisotopic (exact) mass is 231 g/mol. The molecule has 0 saturated heterocycles. The minimum Gasteiger partial charge on any atom is -0.351 e. The Labute approximate surface area is 93.7 Å². The molecule has 78 valence electrons. The Kier molecular flexibility index (Phi) is 5.04. The lowest BCUT2D eigenvalue weighted by Crippen LogP contribution is -2.19. The van der Waals surface area contributed by atoms with Gasteiger partial charge in [0.1, 0.15) is 0 Å². The summed E-state index contributed by atoms with van der Waals surface area (Å²) in [4.78, 5) is 8.13. The van der Waals surface area contributed by atoms with Gasteiger partial charge in [-0.3, -0.25) is 0 Å². The highest BCUT2D eigenvalue weighted by molar-refractivity contribution is 7.99. The molecule has 1 N–H and O–H groups in total. The second-order valence-electron chi connectivity index (χ2n) is 2.93. The van der Waals surface area contributed by atoms with E-state index >= 15 is 0 Å². The second kappa shape index (κ2) is 6.09. The van der Waals surface area contributed by atoms with Crippen LogP contribution in [0.1, 0.15) is 13.8 Å². The number of thioether (sulfide) groups is 1. The third-order valence-electron chi connectivity index (χ3n) is 1.57. The zero-order chi connectivity index (χ0) is 10.4. The Morgan fingerprint density at radius 2 is 2.14 bits per heavy atom. The molecule has 1 unspecified atom stereocenters. The molecule has 0 radical (unpaired) electrons. The molecule has 1 aromatic heterocycles. The number of halogens is 1. The van der Waals surface area contributed by atoms with Crippen LogP contribution >= 0.6 is 23.4 Å². The molecule has 3 nitrogen and oxygen atoms in total. The first-order chi connectivity index (χ1) is 6.72. The standard InChI is InChI=1S/C9H14ClN3S/c1-3-14-6-7(2)13-9-11-4-8(10)5-12-9/h4-5,7H,3,6H2,1-2H3,(H,11,12,13). The Morgan fingerprint density at radius 3 is 2.71 bits per heavy atom. The van der Waals surface area contributed by atoms with Gasteiger partial charge in [0.25, 0.3) is 0 Å². The first kappa shape index (κ1) is 11.6. The number of nitrogens with one attached hydrogen (secondary N) is 1. The van der Waals surface area contributed by atoms with E-state index in [1.54, 1.807) is 12.4 Å². The molecule has 1 heterocycles. The van der Waals surface area contributed by atoms with E-state index in [2.05, 4.69) is 29.1 Å². The van der Waals surface area contributed by atoms with Crippen LogP contribution < -0.4 is 5.32 Å². The molecule has 0 aromatic carbocycles. The number of hydrogen-bond acceptors (Lipinski definition) is 4. The summed E-state index contributed by atoms with van der Waals surface area (Å²) in [7, 11) is 0. The van der Waals surface area contributed by atoms with Gasteiger partial charge < -0.3 is 5.32 Å². The molecule has 0 bridgehead atoms. The number of anilines is 1. The largest absolute Gasteiger partial charge is 0.351 e. The van der Waals surface area contributed by atoms with Crippen LogP contribution in [-0.4, -0.2) is 27.5 Å². The van der Waals surface area contributed by atoms with E-state index in [4.69, 9.17) is 11.6 Å². The molecule has 0 aliphatic carbocycles. The fourth-order valence-corrected chi connectivity index (χ4v) is 1.71. The van der Waals surface area contributed by atoms with Crippen LogP contribution in [0.15, 0.2) is 12.4 Å². The lowest BCUT2D eigenvalue weighted by Gasteiger charge is -2.12. The van der Waals surface area contributed by atoms with Crippen molar-refractivity contribution in [3.8, 4) is 0 Å². The molecule has 1 atom stereocenters. The van der Waals surface area contributed by atoms with E-state index in [0.717, 1.165) is 11.5 Å². The maximum absolute atomic E-state index is 5.67. The summed E-state index contributed by atoms with van der Waals surface area (Å²) >= 11 is 7.57. The summed E-state index contributed by atoms with van der Waals surface area (Å²) in [5.74, 6) is 2.83. The van der Waals surface area contributed by atoms with Gasteiger partial charge in [-0.2, -0.15) is 11.8 Å². The van der Waals surface area contributed by atoms with Crippen molar-refractivity contribution in [3.63, 3.8) is 0 Å². The van der Waals surface area contributed by atoms with Gasteiger partial charge in [-0.1, -0.05) is 18.5 Å². The van der Waals surface area contributed by atoms with Gasteiger partial charge in [-0.25, -0.2) is 9.97 Å². The van der Waals surface area contributed by atoms with Crippen molar-refractivity contribution in [2.75, 3.05) is 16.8 Å². The van der Waals surface area contributed by atoms with Crippen molar-refractivity contribution < 1.29 is 0 Å². The highest BCUT2D eigenvalue weighted by atomic mass is 35.5. The fourth-order valence-electron chi connectivity index (χ4n) is 0.943. The molecule has 0 aliphatic heterocycles. The molecule has 5 heteroatoms. The van der Waals surface area contributed by atoms with Crippen LogP contribution in [0.4, 0.5) is 5.95 Å². The third kappa shape index (κ3) is 4.15. The maximum Gasteiger partial charge on any atom is 0.222 e. The summed E-state index contributed by atoms with van der Waals surface area (Å²) in [5, 5.41) is 3.76. The number of hydrogen-bond donors (Lipinski definition) is 1. The first-order valence-corrected chi connectivity index (χ1v) is 6.07. The SMILES string of the molecule is CCSCC(C)Nc1ncc(Cl)cn1. The maximum atomic E-state index is 5.67. The van der Waals surface area contributed by atoms with E-state index in [1.807, 2.05) is 11.8 Å². The van der Waals surface area contributed by atoms with Crippen LogP contribution in [-0.2, 0) is 0 Å². The molecule has 0 aliphatic rings. The van der Waals surface area contributed by atoms with Crippen LogP contribution in [0.3, 0.4) is 0 Å². The average molecular weight is 232 g/mol. The Bertz CT molecular complexity index is 265. The summed E-state index contributed by atoms with van der Waals surface area (Å²) in [6, 6.07) is 0.376. The van der Waals surface area contributed by atoms with Crippen molar-refractivity contribution in [1.29, 1.82) is 0 Å². The molecule has 1 rings (SSSR count). The summed E-state index contributed by atoms with van der Waals surface area (Å²) < 4.78 is 0. The quantitative estimate of drug-likeness (QED) is 0.846. The second-order valence-corrected chi connectivity index (χ2v) is 4.69. The predicted octanol–water partition coefficient (Wildman–Crippen LogP) is 2.68. The molecule has 0 fully saturated rings. The zero-order valence-electron chi connectivity index (χ0n) is 8.33. The van der Waals surface area contributed by atoms with Crippen LogP contribution in [0.5, 0.6) is 0 Å².